The van der Waals surface area contributed by atoms with Crippen LogP contribution in [0.4, 0.5) is 11.6 Å². The van der Waals surface area contributed by atoms with Crippen molar-refractivity contribution in [2.24, 2.45) is 0 Å². The molecule has 1 unspecified atom stereocenters. The van der Waals surface area contributed by atoms with E-state index in [4.69, 9.17) is 41.8 Å². The van der Waals surface area contributed by atoms with E-state index in [1.54, 1.807) is 0 Å². The summed E-state index contributed by atoms with van der Waals surface area (Å²) in [6.45, 7) is -5.44. The van der Waals surface area contributed by atoms with Crippen molar-refractivity contribution in [3.05, 3.63) is 45.5 Å². The first-order chi connectivity index (χ1) is 17.4. The Bertz CT molecular complexity index is 1300. The largest absolute Gasteiger partial charge is 0.394 e. The molecule has 0 amide bonds. The molecule has 2 aliphatic heterocycles. The highest BCUT2D eigenvalue weighted by atomic mass is 32.5. The number of nitrogens with zero attached hydrogens (tertiary/aromatic N) is 4. The lowest BCUT2D eigenvalue weighted by Crippen LogP contribution is -2.38. The highest BCUT2D eigenvalue weighted by molar-refractivity contribution is 8.07. The van der Waals surface area contributed by atoms with Crippen LogP contribution in [0.2, 0.25) is 0 Å². The summed E-state index contributed by atoms with van der Waals surface area (Å²) < 4.78 is 23.5. The molecule has 0 aromatic carbocycles. The van der Waals surface area contributed by atoms with Crippen LogP contribution in [0.3, 0.4) is 0 Å². The summed E-state index contributed by atoms with van der Waals surface area (Å²) in [4.78, 5) is 41.8. The maximum Gasteiger partial charge on any atom is 0.351 e. The zero-order valence-electron chi connectivity index (χ0n) is 18.8. The first kappa shape index (κ1) is 27.7. The Kier molecular flexibility index (Phi) is 8.07. The predicted molar refractivity (Wildman–Crippen MR) is 126 cm³/mol. The van der Waals surface area contributed by atoms with Gasteiger partial charge in [0.05, 0.1) is 13.2 Å². The van der Waals surface area contributed by atoms with Crippen LogP contribution in [0.5, 0.6) is 0 Å². The van der Waals surface area contributed by atoms with Crippen LogP contribution in [0.1, 0.15) is 12.5 Å². The number of anilines is 2. The topological polar surface area (TPSA) is 260 Å². The molecule has 0 spiro atoms. The van der Waals surface area contributed by atoms with Gasteiger partial charge < -0.3 is 50.8 Å². The Morgan fingerprint density at radius 3 is 1.97 bits per heavy atom. The highest BCUT2D eigenvalue weighted by Crippen LogP contribution is 2.49. The van der Waals surface area contributed by atoms with E-state index in [1.165, 1.54) is 24.5 Å². The molecule has 4 heterocycles. The molecule has 19 heteroatoms. The van der Waals surface area contributed by atoms with Crippen molar-refractivity contribution in [3.63, 3.8) is 0 Å². The Labute approximate surface area is 212 Å². The minimum Gasteiger partial charge on any atom is -0.394 e. The van der Waals surface area contributed by atoms with Gasteiger partial charge in [-0.1, -0.05) is 0 Å². The molecule has 2 aliphatic rings. The third-order valence-corrected chi connectivity index (χ3v) is 7.29. The molecule has 0 radical (unpaired) electrons. The average Bonchev–Trinajstić information content (AvgIpc) is 3.28. The molecule has 2 aromatic rings. The second-order valence-electron chi connectivity index (χ2n) is 8.20. The SMILES string of the molecule is Nc1ccn([C@@H]2O[C@H](COP(O)(=S)O[C@H]3[C@@H](O)[C@H](n4ccc(N)nc4=O)O[C@@H]3CO)[C@@H](O)[C@H]2O)c(=O)n1. The van der Waals surface area contributed by atoms with E-state index in [1.807, 2.05) is 0 Å². The van der Waals surface area contributed by atoms with Crippen molar-refractivity contribution in [1.29, 1.82) is 0 Å². The van der Waals surface area contributed by atoms with Crippen molar-refractivity contribution in [2.45, 2.75) is 49.1 Å². The Hall–Kier alpha value is -2.35. The highest BCUT2D eigenvalue weighted by Gasteiger charge is 2.49. The Morgan fingerprint density at radius 1 is 0.946 bits per heavy atom. The van der Waals surface area contributed by atoms with E-state index >= 15 is 0 Å². The van der Waals surface area contributed by atoms with E-state index in [9.17, 15) is 34.9 Å². The summed E-state index contributed by atoms with van der Waals surface area (Å²) in [5.41, 5.74) is 9.25. The van der Waals surface area contributed by atoms with Gasteiger partial charge in [-0.3, -0.25) is 13.7 Å². The monoisotopic (exact) mass is 564 g/mol. The average molecular weight is 564 g/mol. The lowest BCUT2D eigenvalue weighted by atomic mass is 10.1. The number of hydrogen-bond donors (Lipinski definition) is 7. The number of ether oxygens (including phenoxy) is 2. The van der Waals surface area contributed by atoms with Gasteiger partial charge in [0.1, 0.15) is 48.3 Å². The van der Waals surface area contributed by atoms with Gasteiger partial charge in [-0.05, 0) is 23.9 Å². The number of aliphatic hydroxyl groups excluding tert-OH is 4. The van der Waals surface area contributed by atoms with Crippen molar-refractivity contribution < 1.29 is 43.8 Å². The number of hydrogen-bond acceptors (Lipinski definition) is 15. The summed E-state index contributed by atoms with van der Waals surface area (Å²) >= 11 is 4.99. The molecule has 17 nitrogen and oxygen atoms in total. The van der Waals surface area contributed by atoms with Gasteiger partial charge in [0.15, 0.2) is 12.5 Å². The van der Waals surface area contributed by atoms with Crippen LogP contribution in [-0.4, -0.2) is 94.3 Å². The zero-order valence-corrected chi connectivity index (χ0v) is 20.5. The third-order valence-electron chi connectivity index (χ3n) is 5.73. The lowest BCUT2D eigenvalue weighted by molar-refractivity contribution is -0.0582. The normalized spacial score (nSPS) is 33.4. The molecular formula is C18H25N6O11PS. The van der Waals surface area contributed by atoms with Gasteiger partial charge in [-0.25, -0.2) is 9.59 Å². The number of aromatic nitrogens is 4. The maximum atomic E-state index is 12.1. The third kappa shape index (κ3) is 5.74. The molecule has 2 aromatic heterocycles. The van der Waals surface area contributed by atoms with E-state index in [2.05, 4.69) is 9.97 Å². The van der Waals surface area contributed by atoms with E-state index in [0.29, 0.717) is 0 Å². The summed E-state index contributed by atoms with van der Waals surface area (Å²) in [5, 5.41) is 41.0. The van der Waals surface area contributed by atoms with Crippen molar-refractivity contribution >= 4 is 30.2 Å². The van der Waals surface area contributed by atoms with E-state index in [-0.39, 0.29) is 11.6 Å². The predicted octanol–water partition coefficient (Wildman–Crippen LogP) is -3.85. The number of rotatable bonds is 8. The molecule has 204 valence electrons. The standard InChI is InChI=1S/C18H25N6O11PS/c19-9-1-3-23(17(29)21-9)15-12(27)11(26)8(34-15)6-32-36(31,37)35-14-7(5-25)33-16(13(14)28)24-4-2-10(20)22-18(24)30/h1-4,7-8,11-16,25-28H,5-6H2,(H,31,37)(H2,19,21,29)(H2,20,22,30)/t7-,8-,11-,12-,13-,14-,15-,16-,36?/m1/s1. The van der Waals surface area contributed by atoms with Crippen LogP contribution in [0.25, 0.3) is 0 Å². The molecule has 9 N–H and O–H groups in total. The van der Waals surface area contributed by atoms with Crippen LogP contribution in [0.15, 0.2) is 34.1 Å². The fraction of sp³-hybridized carbons (Fsp3) is 0.556. The quantitative estimate of drug-likeness (QED) is 0.151. The molecule has 4 rings (SSSR count). The number of aliphatic hydroxyl groups is 4. The lowest BCUT2D eigenvalue weighted by Gasteiger charge is -2.26. The fourth-order valence-electron chi connectivity index (χ4n) is 3.91. The van der Waals surface area contributed by atoms with Gasteiger partial charge in [0.2, 0.25) is 0 Å². The Morgan fingerprint density at radius 2 is 1.46 bits per heavy atom. The van der Waals surface area contributed by atoms with Gasteiger partial charge >= 0.3 is 18.1 Å². The molecule has 0 saturated carbocycles. The molecular weight excluding hydrogens is 539 g/mol. The minimum absolute atomic E-state index is 0.0497. The Balaban J connectivity index is 1.42. The van der Waals surface area contributed by atoms with Gasteiger partial charge in [0.25, 0.3) is 0 Å². The van der Waals surface area contributed by atoms with Crippen LogP contribution in [-0.2, 0) is 30.3 Å². The van der Waals surface area contributed by atoms with Crippen molar-refractivity contribution in [1.82, 2.24) is 19.1 Å². The first-order valence-electron chi connectivity index (χ1n) is 10.7. The molecule has 37 heavy (non-hydrogen) atoms. The molecule has 0 aliphatic carbocycles. The summed E-state index contributed by atoms with van der Waals surface area (Å²) in [6.07, 6.45) is -8.84. The number of nitrogens with two attached hydrogens (primary N) is 2. The summed E-state index contributed by atoms with van der Waals surface area (Å²) in [6, 6.07) is 2.59. The summed E-state index contributed by atoms with van der Waals surface area (Å²) in [5.74, 6) is -0.105. The maximum absolute atomic E-state index is 12.1. The van der Waals surface area contributed by atoms with E-state index < -0.39 is 80.4 Å². The molecule has 0 bridgehead atoms. The minimum atomic E-state index is -4.18. The van der Waals surface area contributed by atoms with Crippen molar-refractivity contribution in [3.8, 4) is 0 Å². The second kappa shape index (κ2) is 10.8. The number of nitrogen functional groups attached to an aromatic ring is 2. The first-order valence-corrected chi connectivity index (χ1v) is 13.3. The second-order valence-corrected chi connectivity index (χ2v) is 11.0. The zero-order chi connectivity index (χ0) is 27.1. The van der Waals surface area contributed by atoms with Crippen LogP contribution < -0.4 is 22.8 Å². The van der Waals surface area contributed by atoms with Crippen LogP contribution >= 0.6 is 6.72 Å². The fourth-order valence-corrected chi connectivity index (χ4v) is 5.36. The van der Waals surface area contributed by atoms with Gasteiger partial charge in [-0.15, -0.1) is 0 Å². The molecule has 2 fully saturated rings. The van der Waals surface area contributed by atoms with Gasteiger partial charge in [-0.2, -0.15) is 9.97 Å². The smallest absolute Gasteiger partial charge is 0.351 e. The van der Waals surface area contributed by atoms with E-state index in [0.717, 1.165) is 9.13 Å². The molecule has 9 atom stereocenters. The van der Waals surface area contributed by atoms with Crippen LogP contribution in [0, 0.1) is 0 Å². The summed E-state index contributed by atoms with van der Waals surface area (Å²) in [7, 11) is 0. The molecule has 2 saturated heterocycles. The van der Waals surface area contributed by atoms with Gasteiger partial charge in [0, 0.05) is 12.4 Å². The van der Waals surface area contributed by atoms with Crippen molar-refractivity contribution in [2.75, 3.05) is 24.7 Å².